The summed E-state index contributed by atoms with van der Waals surface area (Å²) in [5.41, 5.74) is 2.92. The van der Waals surface area contributed by atoms with Crippen molar-refractivity contribution in [2.75, 3.05) is 24.4 Å². The predicted molar refractivity (Wildman–Crippen MR) is 150 cm³/mol. The number of carbonyl (C=O) groups excluding carboxylic acids is 3. The van der Waals surface area contributed by atoms with E-state index in [2.05, 4.69) is 26.1 Å². The van der Waals surface area contributed by atoms with Crippen LogP contribution in [0, 0.1) is 0 Å². The van der Waals surface area contributed by atoms with Crippen molar-refractivity contribution in [1.82, 2.24) is 0 Å². The number of benzene rings is 3. The number of Topliss-reactive ketones (excluding diaryl/α,β-unsaturated/α-hetero) is 1. The van der Waals surface area contributed by atoms with E-state index in [1.807, 2.05) is 24.3 Å². The molecule has 1 aliphatic heterocycles. The monoisotopic (exact) mass is 528 g/mol. The lowest BCUT2D eigenvalue weighted by molar-refractivity contribution is -0.132. The number of aliphatic hydroxyl groups is 1. The minimum atomic E-state index is -0.890. The standard InChI is InChI=1S/C31H32N2O6/c1-18(34)32-22-12-14-23(15-13-22)33-27(19-7-10-21(11-8-19)31(2,3)4)26(29(36)30(33)37)28(35)20-9-16-24(38-5)25(17-20)39-6/h7-17,27,35H,1-6H3,(H,32,34)/b28-26-. The van der Waals surface area contributed by atoms with Gasteiger partial charge in [-0.05, 0) is 59.0 Å². The number of carbonyl (C=O) groups is 3. The van der Waals surface area contributed by atoms with E-state index in [1.165, 1.54) is 26.0 Å². The molecule has 0 aromatic heterocycles. The van der Waals surface area contributed by atoms with Crippen molar-refractivity contribution in [2.24, 2.45) is 0 Å². The number of aliphatic hydroxyl groups excluding tert-OH is 1. The largest absolute Gasteiger partial charge is 0.507 e. The SMILES string of the molecule is COc1ccc(/C(O)=C2/C(=O)C(=O)N(c3ccc(NC(C)=O)cc3)C2c2ccc(C(C)(C)C)cc2)cc1OC. The topological polar surface area (TPSA) is 105 Å². The molecule has 8 heteroatoms. The maximum atomic E-state index is 13.5. The van der Waals surface area contributed by atoms with Gasteiger partial charge in [-0.1, -0.05) is 45.0 Å². The van der Waals surface area contributed by atoms with E-state index in [0.29, 0.717) is 34.0 Å². The normalized spacial score (nSPS) is 16.8. The molecule has 1 unspecified atom stereocenters. The van der Waals surface area contributed by atoms with E-state index < -0.39 is 17.7 Å². The second-order valence-corrected chi connectivity index (χ2v) is 10.3. The molecule has 1 heterocycles. The number of rotatable bonds is 6. The summed E-state index contributed by atoms with van der Waals surface area (Å²) in [4.78, 5) is 39.8. The Labute approximate surface area is 227 Å². The van der Waals surface area contributed by atoms with Gasteiger partial charge in [-0.3, -0.25) is 19.3 Å². The third kappa shape index (κ3) is 5.36. The Morgan fingerprint density at radius 3 is 2.05 bits per heavy atom. The third-order valence-corrected chi connectivity index (χ3v) is 6.66. The zero-order valence-electron chi connectivity index (χ0n) is 22.9. The van der Waals surface area contributed by atoms with Crippen LogP contribution in [0.5, 0.6) is 11.5 Å². The van der Waals surface area contributed by atoms with E-state index in [-0.39, 0.29) is 22.7 Å². The quantitative estimate of drug-likeness (QED) is 0.246. The van der Waals surface area contributed by atoms with Gasteiger partial charge in [0.1, 0.15) is 5.76 Å². The van der Waals surface area contributed by atoms with Crippen LogP contribution < -0.4 is 19.7 Å². The van der Waals surface area contributed by atoms with Gasteiger partial charge in [0.05, 0.1) is 25.8 Å². The summed E-state index contributed by atoms with van der Waals surface area (Å²) in [5, 5.41) is 14.1. The van der Waals surface area contributed by atoms with Gasteiger partial charge in [0.25, 0.3) is 11.7 Å². The van der Waals surface area contributed by atoms with Gasteiger partial charge in [0, 0.05) is 23.9 Å². The van der Waals surface area contributed by atoms with Crippen LogP contribution in [-0.4, -0.2) is 36.9 Å². The molecule has 3 aromatic carbocycles. The predicted octanol–water partition coefficient (Wildman–Crippen LogP) is 5.59. The van der Waals surface area contributed by atoms with Crippen molar-refractivity contribution < 1.29 is 29.0 Å². The molecule has 1 fully saturated rings. The molecule has 2 amide bonds. The van der Waals surface area contributed by atoms with Crippen LogP contribution in [0.3, 0.4) is 0 Å². The molecule has 0 spiro atoms. The zero-order chi connectivity index (χ0) is 28.5. The van der Waals surface area contributed by atoms with Crippen LogP contribution in [0.1, 0.15) is 50.4 Å². The molecule has 4 rings (SSSR count). The Balaban J connectivity index is 1.89. The molecular weight excluding hydrogens is 496 g/mol. The van der Waals surface area contributed by atoms with Crippen LogP contribution in [0.2, 0.25) is 0 Å². The smallest absolute Gasteiger partial charge is 0.300 e. The number of ketones is 1. The number of hydrogen-bond donors (Lipinski definition) is 2. The molecule has 0 bridgehead atoms. The highest BCUT2D eigenvalue weighted by Gasteiger charge is 2.47. The number of nitrogens with one attached hydrogen (secondary N) is 1. The second-order valence-electron chi connectivity index (χ2n) is 10.3. The second kappa shape index (κ2) is 10.6. The first-order valence-electron chi connectivity index (χ1n) is 12.5. The van der Waals surface area contributed by atoms with Crippen molar-refractivity contribution in [2.45, 2.75) is 39.2 Å². The van der Waals surface area contributed by atoms with Crippen molar-refractivity contribution >= 4 is 34.7 Å². The molecule has 0 saturated carbocycles. The van der Waals surface area contributed by atoms with E-state index >= 15 is 0 Å². The Morgan fingerprint density at radius 1 is 0.897 bits per heavy atom. The van der Waals surface area contributed by atoms with Crippen molar-refractivity contribution in [3.05, 3.63) is 89.0 Å². The molecule has 3 aromatic rings. The lowest BCUT2D eigenvalue weighted by Crippen LogP contribution is -2.29. The lowest BCUT2D eigenvalue weighted by atomic mass is 9.85. The maximum absolute atomic E-state index is 13.5. The number of anilines is 2. The maximum Gasteiger partial charge on any atom is 0.300 e. The van der Waals surface area contributed by atoms with Gasteiger partial charge in [0.15, 0.2) is 11.5 Å². The summed E-state index contributed by atoms with van der Waals surface area (Å²) in [6.07, 6.45) is 0. The minimum absolute atomic E-state index is 0.0401. The first-order valence-corrected chi connectivity index (χ1v) is 12.5. The summed E-state index contributed by atoms with van der Waals surface area (Å²) in [6, 6.07) is 18.2. The van der Waals surface area contributed by atoms with Crippen LogP contribution >= 0.6 is 0 Å². The van der Waals surface area contributed by atoms with Crippen molar-refractivity contribution in [1.29, 1.82) is 0 Å². The average Bonchev–Trinajstić information content (AvgIpc) is 3.17. The summed E-state index contributed by atoms with van der Waals surface area (Å²) in [6.45, 7) is 7.70. The molecule has 202 valence electrons. The molecule has 1 atom stereocenters. The summed E-state index contributed by atoms with van der Waals surface area (Å²) < 4.78 is 10.7. The van der Waals surface area contributed by atoms with Crippen LogP contribution in [-0.2, 0) is 19.8 Å². The van der Waals surface area contributed by atoms with Gasteiger partial charge in [-0.15, -0.1) is 0 Å². The molecule has 2 N–H and O–H groups in total. The van der Waals surface area contributed by atoms with E-state index in [0.717, 1.165) is 5.56 Å². The number of amides is 2. The fourth-order valence-electron chi connectivity index (χ4n) is 4.63. The highest BCUT2D eigenvalue weighted by atomic mass is 16.5. The molecule has 0 aliphatic carbocycles. The van der Waals surface area contributed by atoms with Crippen molar-refractivity contribution in [3.63, 3.8) is 0 Å². The molecular formula is C31H32N2O6. The molecule has 1 saturated heterocycles. The van der Waals surface area contributed by atoms with E-state index in [9.17, 15) is 19.5 Å². The van der Waals surface area contributed by atoms with E-state index in [4.69, 9.17) is 9.47 Å². The van der Waals surface area contributed by atoms with Crippen LogP contribution in [0.25, 0.3) is 5.76 Å². The molecule has 8 nitrogen and oxygen atoms in total. The first kappa shape index (κ1) is 27.4. The number of ether oxygens (including phenoxy) is 2. The molecule has 0 radical (unpaired) electrons. The van der Waals surface area contributed by atoms with Gasteiger partial charge in [-0.2, -0.15) is 0 Å². The molecule has 39 heavy (non-hydrogen) atoms. The van der Waals surface area contributed by atoms with Gasteiger partial charge < -0.3 is 19.9 Å². The van der Waals surface area contributed by atoms with Crippen LogP contribution in [0.4, 0.5) is 11.4 Å². The van der Waals surface area contributed by atoms with Gasteiger partial charge in [0.2, 0.25) is 5.91 Å². The Bertz CT molecular complexity index is 1450. The van der Waals surface area contributed by atoms with Crippen LogP contribution in [0.15, 0.2) is 72.3 Å². The van der Waals surface area contributed by atoms with Gasteiger partial charge in [-0.25, -0.2) is 0 Å². The fraction of sp³-hybridized carbons (Fsp3) is 0.258. The summed E-state index contributed by atoms with van der Waals surface area (Å²) in [5.74, 6) is -1.29. The minimum Gasteiger partial charge on any atom is -0.507 e. The van der Waals surface area contributed by atoms with Crippen molar-refractivity contribution in [3.8, 4) is 11.5 Å². The summed E-state index contributed by atoms with van der Waals surface area (Å²) in [7, 11) is 2.98. The molecule has 1 aliphatic rings. The number of hydrogen-bond acceptors (Lipinski definition) is 6. The number of nitrogens with zero attached hydrogens (tertiary/aromatic N) is 1. The average molecular weight is 529 g/mol. The highest BCUT2D eigenvalue weighted by molar-refractivity contribution is 6.51. The fourth-order valence-corrected chi connectivity index (χ4v) is 4.63. The lowest BCUT2D eigenvalue weighted by Gasteiger charge is -2.27. The van der Waals surface area contributed by atoms with E-state index in [1.54, 1.807) is 42.5 Å². The Kier molecular flexibility index (Phi) is 7.49. The Hall–Kier alpha value is -4.59. The third-order valence-electron chi connectivity index (χ3n) is 6.66. The Morgan fingerprint density at radius 2 is 1.51 bits per heavy atom. The zero-order valence-corrected chi connectivity index (χ0v) is 22.9. The first-order chi connectivity index (χ1) is 18.5. The summed E-state index contributed by atoms with van der Waals surface area (Å²) >= 11 is 0. The number of methoxy groups -OCH3 is 2. The van der Waals surface area contributed by atoms with Gasteiger partial charge >= 0.3 is 0 Å². The highest BCUT2D eigenvalue weighted by Crippen LogP contribution is 2.43.